The maximum Gasteiger partial charge on any atom is 0.416 e. The van der Waals surface area contributed by atoms with Crippen LogP contribution in [0.5, 0.6) is 0 Å². The number of carbonyl (C=O) groups excluding carboxylic acids is 1. The summed E-state index contributed by atoms with van der Waals surface area (Å²) in [4.78, 5) is 12.6. The molecule has 0 saturated carbocycles. The number of rotatable bonds is 3. The number of halogens is 4. The summed E-state index contributed by atoms with van der Waals surface area (Å²) in [6.07, 6.45) is -3.41. The van der Waals surface area contributed by atoms with Gasteiger partial charge in [-0.2, -0.15) is 13.2 Å². The average molecular weight is 401 g/mol. The number of sulfone groups is 1. The Kier molecular flexibility index (Phi) is 6.52. The van der Waals surface area contributed by atoms with Crippen LogP contribution >= 0.6 is 12.4 Å². The summed E-state index contributed by atoms with van der Waals surface area (Å²) in [6, 6.07) is 3.40. The molecule has 2 N–H and O–H groups in total. The normalized spacial score (nSPS) is 17.5. The highest BCUT2D eigenvalue weighted by Gasteiger charge is 2.48. The number of benzene rings is 1. The zero-order valence-corrected chi connectivity index (χ0v) is 15.4. The smallest absolute Gasteiger partial charge is 0.325 e. The molecule has 0 aliphatic carbocycles. The van der Waals surface area contributed by atoms with E-state index >= 15 is 0 Å². The van der Waals surface area contributed by atoms with Crippen molar-refractivity contribution in [3.8, 4) is 0 Å². The van der Waals surface area contributed by atoms with Gasteiger partial charge in [0.2, 0.25) is 5.91 Å². The summed E-state index contributed by atoms with van der Waals surface area (Å²) in [5.74, 6) is -0.788. The first-order valence-electron chi connectivity index (χ1n) is 7.37. The van der Waals surface area contributed by atoms with Crippen LogP contribution in [0.3, 0.4) is 0 Å². The Labute approximate surface area is 150 Å². The van der Waals surface area contributed by atoms with E-state index < -0.39 is 32.2 Å². The van der Waals surface area contributed by atoms with Crippen LogP contribution in [-0.2, 0) is 20.8 Å². The molecule has 142 valence electrons. The minimum atomic E-state index is -4.55. The number of aryl methyl sites for hydroxylation is 1. The molecule has 0 bridgehead atoms. The van der Waals surface area contributed by atoms with E-state index in [0.717, 1.165) is 12.3 Å². The SMILES string of the molecule is Cc1ccc(NC(=O)C2(S(C)(=O)=O)CCNCC2)cc1C(F)(F)F.Cl. The molecule has 1 heterocycles. The van der Waals surface area contributed by atoms with Gasteiger partial charge in [0, 0.05) is 11.9 Å². The molecule has 1 aliphatic rings. The van der Waals surface area contributed by atoms with Crippen molar-refractivity contribution >= 4 is 33.8 Å². The van der Waals surface area contributed by atoms with E-state index in [4.69, 9.17) is 0 Å². The van der Waals surface area contributed by atoms with Gasteiger partial charge in [-0.25, -0.2) is 8.42 Å². The first kappa shape index (κ1) is 21.7. The highest BCUT2D eigenvalue weighted by molar-refractivity contribution is 7.92. The van der Waals surface area contributed by atoms with Gasteiger partial charge in [0.15, 0.2) is 14.6 Å². The molecule has 0 atom stereocenters. The van der Waals surface area contributed by atoms with Crippen LogP contribution in [0, 0.1) is 6.92 Å². The topological polar surface area (TPSA) is 75.3 Å². The molecule has 0 spiro atoms. The molecule has 1 aromatic carbocycles. The van der Waals surface area contributed by atoms with Crippen molar-refractivity contribution in [3.63, 3.8) is 0 Å². The van der Waals surface area contributed by atoms with E-state index in [1.165, 1.54) is 19.1 Å². The van der Waals surface area contributed by atoms with Gasteiger partial charge >= 0.3 is 6.18 Å². The van der Waals surface area contributed by atoms with Gasteiger partial charge in [-0.15, -0.1) is 12.4 Å². The lowest BCUT2D eigenvalue weighted by Crippen LogP contribution is -2.55. The number of hydrogen-bond donors (Lipinski definition) is 2. The summed E-state index contributed by atoms with van der Waals surface area (Å²) in [6.45, 7) is 2.02. The molecule has 0 unspecified atom stereocenters. The van der Waals surface area contributed by atoms with Gasteiger partial charge in [0.05, 0.1) is 5.56 Å². The van der Waals surface area contributed by atoms with Gasteiger partial charge < -0.3 is 10.6 Å². The van der Waals surface area contributed by atoms with E-state index in [2.05, 4.69) is 10.6 Å². The second-order valence-corrected chi connectivity index (χ2v) is 8.32. The Hall–Kier alpha value is -1.32. The fraction of sp³-hybridized carbons (Fsp3) is 0.533. The summed E-state index contributed by atoms with van der Waals surface area (Å²) in [5, 5.41) is 5.33. The van der Waals surface area contributed by atoms with Gasteiger partial charge in [-0.05, 0) is 50.6 Å². The van der Waals surface area contributed by atoms with Crippen molar-refractivity contribution in [2.24, 2.45) is 0 Å². The molecule has 25 heavy (non-hydrogen) atoms. The van der Waals surface area contributed by atoms with Crippen LogP contribution in [0.25, 0.3) is 0 Å². The molecule has 2 rings (SSSR count). The predicted octanol–water partition coefficient (Wildman–Crippen LogP) is 2.54. The van der Waals surface area contributed by atoms with Crippen LogP contribution < -0.4 is 10.6 Å². The highest BCUT2D eigenvalue weighted by atomic mass is 35.5. The summed E-state index contributed by atoms with van der Waals surface area (Å²) < 4.78 is 61.6. The molecular weight excluding hydrogens is 381 g/mol. The van der Waals surface area contributed by atoms with Gasteiger partial charge in [0.1, 0.15) is 0 Å². The molecular formula is C15H20ClF3N2O3S. The summed E-state index contributed by atoms with van der Waals surface area (Å²) in [7, 11) is -3.73. The lowest BCUT2D eigenvalue weighted by molar-refractivity contribution is -0.138. The Morgan fingerprint density at radius 1 is 1.24 bits per heavy atom. The molecule has 1 aliphatic heterocycles. The van der Waals surface area contributed by atoms with Crippen LogP contribution in [0.4, 0.5) is 18.9 Å². The number of anilines is 1. The Balaban J connectivity index is 0.00000312. The number of amides is 1. The quantitative estimate of drug-likeness (QED) is 0.817. The maximum atomic E-state index is 13.0. The van der Waals surface area contributed by atoms with Gasteiger partial charge in [-0.1, -0.05) is 6.07 Å². The van der Waals surface area contributed by atoms with Crippen molar-refractivity contribution < 1.29 is 26.4 Å². The van der Waals surface area contributed by atoms with E-state index in [-0.39, 0.29) is 36.5 Å². The number of nitrogens with one attached hydrogen (secondary N) is 2. The molecule has 1 fully saturated rings. The Morgan fingerprint density at radius 2 is 1.80 bits per heavy atom. The fourth-order valence-electron chi connectivity index (χ4n) is 2.85. The Bertz CT molecular complexity index is 745. The molecule has 1 amide bonds. The lowest BCUT2D eigenvalue weighted by Gasteiger charge is -2.34. The standard InChI is InChI=1S/C15H19F3N2O3S.ClH/c1-10-3-4-11(9-12(10)15(16,17)18)20-13(21)14(24(2,22)23)5-7-19-8-6-14;/h3-4,9,19H,5-8H2,1-2H3,(H,20,21);1H. The van der Waals surface area contributed by atoms with E-state index in [0.29, 0.717) is 13.1 Å². The van der Waals surface area contributed by atoms with Crippen molar-refractivity contribution in [2.45, 2.75) is 30.7 Å². The first-order chi connectivity index (χ1) is 11.0. The molecule has 0 radical (unpaired) electrons. The highest BCUT2D eigenvalue weighted by Crippen LogP contribution is 2.34. The molecule has 1 saturated heterocycles. The fourth-order valence-corrected chi connectivity index (χ4v) is 4.18. The molecule has 10 heteroatoms. The number of carbonyl (C=O) groups is 1. The largest absolute Gasteiger partial charge is 0.416 e. The minimum Gasteiger partial charge on any atom is -0.325 e. The van der Waals surface area contributed by atoms with Crippen molar-refractivity contribution in [1.29, 1.82) is 0 Å². The van der Waals surface area contributed by atoms with Gasteiger partial charge in [0.25, 0.3) is 0 Å². The average Bonchev–Trinajstić information content (AvgIpc) is 2.47. The molecule has 5 nitrogen and oxygen atoms in total. The number of alkyl halides is 3. The second-order valence-electron chi connectivity index (χ2n) is 6.00. The number of piperidine rings is 1. The minimum absolute atomic E-state index is 0. The third-order valence-corrected chi connectivity index (χ3v) is 6.35. The van der Waals surface area contributed by atoms with Crippen LogP contribution in [-0.4, -0.2) is 38.4 Å². The van der Waals surface area contributed by atoms with Crippen LogP contribution in [0.1, 0.15) is 24.0 Å². The van der Waals surface area contributed by atoms with E-state index in [1.54, 1.807) is 0 Å². The molecule has 1 aromatic rings. The summed E-state index contributed by atoms with van der Waals surface area (Å²) >= 11 is 0. The maximum absolute atomic E-state index is 13.0. The Morgan fingerprint density at radius 3 is 2.28 bits per heavy atom. The monoisotopic (exact) mass is 400 g/mol. The van der Waals surface area contributed by atoms with E-state index in [1.807, 2.05) is 0 Å². The number of hydrogen-bond acceptors (Lipinski definition) is 4. The zero-order chi connectivity index (χ0) is 18.2. The third-order valence-electron chi connectivity index (χ3n) is 4.34. The first-order valence-corrected chi connectivity index (χ1v) is 9.26. The molecule has 0 aromatic heterocycles. The van der Waals surface area contributed by atoms with Crippen molar-refractivity contribution in [2.75, 3.05) is 24.7 Å². The third kappa shape index (κ3) is 4.45. The van der Waals surface area contributed by atoms with Crippen LogP contribution in [0.2, 0.25) is 0 Å². The zero-order valence-electron chi connectivity index (χ0n) is 13.7. The van der Waals surface area contributed by atoms with E-state index in [9.17, 15) is 26.4 Å². The second kappa shape index (κ2) is 7.51. The van der Waals surface area contributed by atoms with Gasteiger partial charge in [-0.3, -0.25) is 4.79 Å². The van der Waals surface area contributed by atoms with Crippen LogP contribution in [0.15, 0.2) is 18.2 Å². The predicted molar refractivity (Wildman–Crippen MR) is 91.7 cm³/mol. The van der Waals surface area contributed by atoms with Crippen molar-refractivity contribution in [3.05, 3.63) is 29.3 Å². The summed E-state index contributed by atoms with van der Waals surface area (Å²) in [5.41, 5.74) is -0.904. The lowest BCUT2D eigenvalue weighted by atomic mass is 9.95. The van der Waals surface area contributed by atoms with Crippen molar-refractivity contribution in [1.82, 2.24) is 5.32 Å².